The molecule has 7 heteroatoms. The van der Waals surface area contributed by atoms with Gasteiger partial charge in [0, 0.05) is 31.1 Å². The van der Waals surface area contributed by atoms with Crippen molar-refractivity contribution >= 4 is 11.7 Å². The predicted octanol–water partition coefficient (Wildman–Crippen LogP) is 0.586. The first-order valence-corrected chi connectivity index (χ1v) is 7.19. The number of likely N-dealkylation sites (tertiary alicyclic amines) is 1. The molecule has 0 aromatic carbocycles. The van der Waals surface area contributed by atoms with E-state index in [0.29, 0.717) is 24.8 Å². The normalized spacial score (nSPS) is 18.6. The summed E-state index contributed by atoms with van der Waals surface area (Å²) >= 11 is 0. The van der Waals surface area contributed by atoms with Crippen LogP contribution in [0.25, 0.3) is 5.78 Å². The Morgan fingerprint density at radius 3 is 3.00 bits per heavy atom. The number of carbonyl (C=O) groups is 1. The smallest absolute Gasteiger partial charge is 0.293 e. The van der Waals surface area contributed by atoms with Crippen molar-refractivity contribution in [1.82, 2.24) is 24.5 Å². The van der Waals surface area contributed by atoms with Gasteiger partial charge in [-0.3, -0.25) is 4.79 Å². The second-order valence-electron chi connectivity index (χ2n) is 5.60. The molecule has 3 heterocycles. The van der Waals surface area contributed by atoms with E-state index in [9.17, 15) is 4.79 Å². The van der Waals surface area contributed by atoms with Gasteiger partial charge in [-0.15, -0.1) is 5.10 Å². The van der Waals surface area contributed by atoms with Crippen molar-refractivity contribution in [2.45, 2.75) is 26.7 Å². The van der Waals surface area contributed by atoms with Crippen LogP contribution < -0.4 is 0 Å². The third-order valence-corrected chi connectivity index (χ3v) is 3.92. The maximum atomic E-state index is 12.5. The summed E-state index contributed by atoms with van der Waals surface area (Å²) in [6.07, 6.45) is 1.66. The second kappa shape index (κ2) is 5.40. The van der Waals surface area contributed by atoms with Crippen LogP contribution in [-0.4, -0.2) is 55.2 Å². The van der Waals surface area contributed by atoms with Gasteiger partial charge in [-0.25, -0.2) is 9.50 Å². The molecule has 1 aliphatic heterocycles. The third-order valence-electron chi connectivity index (χ3n) is 3.92. The zero-order valence-electron chi connectivity index (χ0n) is 12.3. The van der Waals surface area contributed by atoms with Crippen LogP contribution in [0.3, 0.4) is 0 Å². The molecule has 112 valence electrons. The molecule has 1 atom stereocenters. The summed E-state index contributed by atoms with van der Waals surface area (Å²) in [5.74, 6) is 0.874. The van der Waals surface area contributed by atoms with Crippen molar-refractivity contribution in [2.24, 2.45) is 5.92 Å². The molecule has 21 heavy (non-hydrogen) atoms. The maximum Gasteiger partial charge on any atom is 0.293 e. The second-order valence-corrected chi connectivity index (χ2v) is 5.60. The molecule has 7 nitrogen and oxygen atoms in total. The average molecular weight is 289 g/mol. The Hall–Kier alpha value is -2.02. The van der Waals surface area contributed by atoms with E-state index < -0.39 is 0 Å². The standard InChI is InChI=1S/C14H19N5O2/c1-9-7-10(2)19-14(15-9)16-12(17-19)13(21)18-5-3-11(8-18)4-6-20/h7,11,20H,3-6,8H2,1-2H3. The molecule has 2 aromatic rings. The third kappa shape index (κ3) is 2.61. The highest BCUT2D eigenvalue weighted by molar-refractivity contribution is 5.91. The molecular formula is C14H19N5O2. The van der Waals surface area contributed by atoms with Crippen LogP contribution in [0.1, 0.15) is 34.8 Å². The van der Waals surface area contributed by atoms with E-state index in [1.54, 1.807) is 9.42 Å². The number of carbonyl (C=O) groups excluding carboxylic acids is 1. The van der Waals surface area contributed by atoms with Gasteiger partial charge in [0.05, 0.1) is 0 Å². The topological polar surface area (TPSA) is 83.6 Å². The number of aliphatic hydroxyl groups is 1. The Morgan fingerprint density at radius 2 is 2.24 bits per heavy atom. The SMILES string of the molecule is Cc1cc(C)n2nc(C(=O)N3CCC(CCO)C3)nc2n1. The molecule has 2 aromatic heterocycles. The molecule has 0 aliphatic carbocycles. The number of fused-ring (bicyclic) bond motifs is 1. The Labute approximate surface area is 122 Å². The highest BCUT2D eigenvalue weighted by atomic mass is 16.3. The van der Waals surface area contributed by atoms with Crippen LogP contribution in [0.15, 0.2) is 6.07 Å². The molecule has 0 bridgehead atoms. The van der Waals surface area contributed by atoms with E-state index in [4.69, 9.17) is 5.11 Å². The lowest BCUT2D eigenvalue weighted by Gasteiger charge is -2.13. The molecule has 1 aliphatic rings. The Morgan fingerprint density at radius 1 is 1.43 bits per heavy atom. The minimum Gasteiger partial charge on any atom is -0.396 e. The zero-order chi connectivity index (χ0) is 15.0. The van der Waals surface area contributed by atoms with Gasteiger partial charge in [0.2, 0.25) is 5.82 Å². The van der Waals surface area contributed by atoms with Gasteiger partial charge in [-0.1, -0.05) is 0 Å². The average Bonchev–Trinajstić information content (AvgIpc) is 3.05. The van der Waals surface area contributed by atoms with E-state index >= 15 is 0 Å². The number of aromatic nitrogens is 4. The fourth-order valence-electron chi connectivity index (χ4n) is 2.83. The van der Waals surface area contributed by atoms with Crippen LogP contribution in [0.4, 0.5) is 0 Å². The Balaban J connectivity index is 1.84. The Bertz CT molecular complexity index is 681. The van der Waals surface area contributed by atoms with Crippen LogP contribution in [0.2, 0.25) is 0 Å². The number of amides is 1. The molecule has 1 amide bonds. The summed E-state index contributed by atoms with van der Waals surface area (Å²) < 4.78 is 1.60. The fourth-order valence-corrected chi connectivity index (χ4v) is 2.83. The first kappa shape index (κ1) is 13.9. The van der Waals surface area contributed by atoms with Gasteiger partial charge < -0.3 is 10.0 Å². The number of aliphatic hydroxyl groups excluding tert-OH is 1. The van der Waals surface area contributed by atoms with Gasteiger partial charge >= 0.3 is 0 Å². The van der Waals surface area contributed by atoms with Crippen LogP contribution >= 0.6 is 0 Å². The van der Waals surface area contributed by atoms with E-state index in [1.807, 2.05) is 19.9 Å². The predicted molar refractivity (Wildman–Crippen MR) is 76.0 cm³/mol. The zero-order valence-corrected chi connectivity index (χ0v) is 12.3. The molecule has 1 fully saturated rings. The van der Waals surface area contributed by atoms with Gasteiger partial charge in [-0.2, -0.15) is 4.98 Å². The van der Waals surface area contributed by atoms with Gasteiger partial charge in [-0.05, 0) is 38.7 Å². The summed E-state index contributed by atoms with van der Waals surface area (Å²) in [7, 11) is 0. The van der Waals surface area contributed by atoms with E-state index in [-0.39, 0.29) is 18.3 Å². The number of hydrogen-bond acceptors (Lipinski definition) is 5. The molecule has 1 unspecified atom stereocenters. The van der Waals surface area contributed by atoms with Crippen LogP contribution in [0.5, 0.6) is 0 Å². The molecule has 0 spiro atoms. The first-order chi connectivity index (χ1) is 10.1. The Kier molecular flexibility index (Phi) is 3.59. The minimum absolute atomic E-state index is 0.155. The summed E-state index contributed by atoms with van der Waals surface area (Å²) in [4.78, 5) is 22.8. The quantitative estimate of drug-likeness (QED) is 0.894. The summed E-state index contributed by atoms with van der Waals surface area (Å²) in [5.41, 5.74) is 1.76. The van der Waals surface area contributed by atoms with Crippen molar-refractivity contribution in [3.8, 4) is 0 Å². The van der Waals surface area contributed by atoms with E-state index in [2.05, 4.69) is 15.1 Å². The molecular weight excluding hydrogens is 270 g/mol. The van der Waals surface area contributed by atoms with Crippen molar-refractivity contribution in [3.05, 3.63) is 23.3 Å². The largest absolute Gasteiger partial charge is 0.396 e. The lowest BCUT2D eigenvalue weighted by Crippen LogP contribution is -2.29. The highest BCUT2D eigenvalue weighted by Gasteiger charge is 2.29. The monoisotopic (exact) mass is 289 g/mol. The lowest BCUT2D eigenvalue weighted by molar-refractivity contribution is 0.0773. The molecule has 3 rings (SSSR count). The number of hydrogen-bond donors (Lipinski definition) is 1. The summed E-state index contributed by atoms with van der Waals surface area (Å²) in [5, 5.41) is 13.3. The number of rotatable bonds is 3. The number of nitrogens with zero attached hydrogens (tertiary/aromatic N) is 5. The highest BCUT2D eigenvalue weighted by Crippen LogP contribution is 2.20. The first-order valence-electron chi connectivity index (χ1n) is 7.19. The molecule has 1 N–H and O–H groups in total. The van der Waals surface area contributed by atoms with Crippen molar-refractivity contribution < 1.29 is 9.90 Å². The van der Waals surface area contributed by atoms with Crippen LogP contribution in [-0.2, 0) is 0 Å². The molecule has 0 radical (unpaired) electrons. The lowest BCUT2D eigenvalue weighted by atomic mass is 10.1. The van der Waals surface area contributed by atoms with Gasteiger partial charge in [0.1, 0.15) is 0 Å². The van der Waals surface area contributed by atoms with Gasteiger partial charge in [0.25, 0.3) is 11.7 Å². The van der Waals surface area contributed by atoms with Crippen molar-refractivity contribution in [2.75, 3.05) is 19.7 Å². The fraction of sp³-hybridized carbons (Fsp3) is 0.571. The molecule has 1 saturated heterocycles. The molecule has 0 saturated carbocycles. The van der Waals surface area contributed by atoms with Crippen LogP contribution in [0, 0.1) is 19.8 Å². The maximum absolute atomic E-state index is 12.5. The van der Waals surface area contributed by atoms with Gasteiger partial charge in [0.15, 0.2) is 0 Å². The van der Waals surface area contributed by atoms with E-state index in [1.165, 1.54) is 0 Å². The summed E-state index contributed by atoms with van der Waals surface area (Å²) in [6.45, 7) is 5.34. The number of aryl methyl sites for hydroxylation is 2. The van der Waals surface area contributed by atoms with Crippen molar-refractivity contribution in [3.63, 3.8) is 0 Å². The van der Waals surface area contributed by atoms with E-state index in [0.717, 1.165) is 24.2 Å². The minimum atomic E-state index is -0.155. The van der Waals surface area contributed by atoms with Crippen molar-refractivity contribution in [1.29, 1.82) is 0 Å². The summed E-state index contributed by atoms with van der Waals surface area (Å²) in [6, 6.07) is 1.91.